The molecule has 0 spiro atoms. The number of benzene rings is 2. The molecule has 4 N–H and O–H groups in total. The van der Waals surface area contributed by atoms with Crippen LogP contribution in [0.2, 0.25) is 0 Å². The van der Waals surface area contributed by atoms with Gasteiger partial charge in [-0.25, -0.2) is 4.99 Å². The molecule has 198 valence electrons. The van der Waals surface area contributed by atoms with Crippen LogP contribution in [0.1, 0.15) is 30.5 Å². The molecule has 0 saturated heterocycles. The van der Waals surface area contributed by atoms with Crippen molar-refractivity contribution in [1.29, 1.82) is 0 Å². The summed E-state index contributed by atoms with van der Waals surface area (Å²) < 4.78 is 5.37. The molecule has 37 heavy (non-hydrogen) atoms. The minimum absolute atomic E-state index is 0.0610. The lowest BCUT2D eigenvalue weighted by Gasteiger charge is -2.22. The Hall–Kier alpha value is -3.63. The van der Waals surface area contributed by atoms with Crippen LogP contribution in [0.4, 0.5) is 0 Å². The average molecular weight is 527 g/mol. The van der Waals surface area contributed by atoms with Gasteiger partial charge >= 0.3 is 0 Å². The van der Waals surface area contributed by atoms with Gasteiger partial charge in [0.25, 0.3) is 0 Å². The number of ketones is 1. The van der Waals surface area contributed by atoms with Gasteiger partial charge in [-0.2, -0.15) is 5.90 Å². The van der Waals surface area contributed by atoms with Gasteiger partial charge in [0.2, 0.25) is 17.7 Å². The number of aliphatic imine (C=N–C) groups is 1. The van der Waals surface area contributed by atoms with E-state index in [1.54, 1.807) is 18.2 Å². The monoisotopic (exact) mass is 526 g/mol. The Bertz CT molecular complexity index is 1110. The van der Waals surface area contributed by atoms with E-state index in [-0.39, 0.29) is 42.2 Å². The molecule has 2 amide bonds. The van der Waals surface area contributed by atoms with Gasteiger partial charge in [-0.3, -0.25) is 14.4 Å². The van der Waals surface area contributed by atoms with Crippen LogP contribution < -0.4 is 21.3 Å². The van der Waals surface area contributed by atoms with E-state index in [1.807, 2.05) is 44.2 Å². The molecule has 0 aromatic heterocycles. The van der Waals surface area contributed by atoms with E-state index in [2.05, 4.69) is 22.2 Å². The molecule has 0 aliphatic carbocycles. The van der Waals surface area contributed by atoms with Crippen LogP contribution in [0.5, 0.6) is 5.75 Å². The largest absolute Gasteiger partial charge is 0.496 e. The minimum Gasteiger partial charge on any atom is -0.496 e. The molecule has 2 aromatic rings. The lowest BCUT2D eigenvalue weighted by atomic mass is 10.0. The van der Waals surface area contributed by atoms with E-state index < -0.39 is 11.9 Å². The SMILES string of the molecule is C=C/N=C(\ON)c1ccc(OC)c(CC(=O)N[C@H](C(=O)NCC(=O)CSCc2ccccc2)C(C)C)c1. The van der Waals surface area contributed by atoms with Crippen LogP contribution in [-0.4, -0.2) is 48.9 Å². The molecule has 0 heterocycles. The lowest BCUT2D eigenvalue weighted by molar-refractivity contribution is -0.130. The number of rotatable bonds is 14. The second kappa shape index (κ2) is 15.5. The normalized spacial score (nSPS) is 12.0. The Labute approximate surface area is 221 Å². The number of methoxy groups -OCH3 is 1. The fourth-order valence-corrected chi connectivity index (χ4v) is 4.30. The number of carbonyl (C=O) groups excluding carboxylic acids is 3. The number of nitrogens with two attached hydrogens (primary N) is 1. The number of amides is 2. The third kappa shape index (κ3) is 9.74. The Morgan fingerprint density at radius 3 is 2.51 bits per heavy atom. The van der Waals surface area contributed by atoms with Crippen LogP contribution in [0.25, 0.3) is 0 Å². The van der Waals surface area contributed by atoms with Crippen molar-refractivity contribution < 1.29 is 24.0 Å². The maximum Gasteiger partial charge on any atom is 0.244 e. The summed E-state index contributed by atoms with van der Waals surface area (Å²) in [5, 5.41) is 5.42. The van der Waals surface area contributed by atoms with Crippen molar-refractivity contribution in [3.05, 3.63) is 78.0 Å². The van der Waals surface area contributed by atoms with Gasteiger partial charge < -0.3 is 20.2 Å². The smallest absolute Gasteiger partial charge is 0.244 e. The Morgan fingerprint density at radius 2 is 1.89 bits per heavy atom. The first kappa shape index (κ1) is 29.6. The summed E-state index contributed by atoms with van der Waals surface area (Å²) in [5.74, 6) is 5.82. The highest BCUT2D eigenvalue weighted by molar-refractivity contribution is 7.99. The van der Waals surface area contributed by atoms with Gasteiger partial charge in [0.05, 0.1) is 25.8 Å². The zero-order valence-electron chi connectivity index (χ0n) is 21.4. The standard InChI is InChI=1S/C27H34N4O5S/c1-5-29-27(36-28)20-11-12-23(35-4)21(13-20)14-24(33)31-25(18(2)3)26(34)30-15-22(32)17-37-16-19-9-7-6-8-10-19/h5-13,18,25H,1,14-17,28H2,2-4H3,(H,30,34)(H,31,33)/b29-27-/t25-/m0/s1. The van der Waals surface area contributed by atoms with Crippen molar-refractivity contribution in [3.8, 4) is 5.75 Å². The van der Waals surface area contributed by atoms with E-state index in [9.17, 15) is 14.4 Å². The van der Waals surface area contributed by atoms with Crippen molar-refractivity contribution in [1.82, 2.24) is 10.6 Å². The topological polar surface area (TPSA) is 132 Å². The zero-order valence-corrected chi connectivity index (χ0v) is 22.2. The maximum atomic E-state index is 12.9. The van der Waals surface area contributed by atoms with Crippen molar-refractivity contribution in [2.45, 2.75) is 32.1 Å². The summed E-state index contributed by atoms with van der Waals surface area (Å²) in [6.45, 7) is 7.07. The molecule has 0 aliphatic rings. The first-order chi connectivity index (χ1) is 17.8. The maximum absolute atomic E-state index is 12.9. The molecular weight excluding hydrogens is 492 g/mol. The van der Waals surface area contributed by atoms with Crippen molar-refractivity contribution in [2.24, 2.45) is 16.8 Å². The van der Waals surface area contributed by atoms with Gasteiger partial charge in [0.1, 0.15) is 11.8 Å². The molecule has 2 rings (SSSR count). The van der Waals surface area contributed by atoms with E-state index >= 15 is 0 Å². The van der Waals surface area contributed by atoms with Crippen molar-refractivity contribution in [2.75, 3.05) is 19.4 Å². The van der Waals surface area contributed by atoms with Gasteiger partial charge in [-0.1, -0.05) is 50.8 Å². The van der Waals surface area contributed by atoms with Crippen molar-refractivity contribution >= 4 is 35.3 Å². The van der Waals surface area contributed by atoms with Gasteiger partial charge in [-0.05, 0) is 29.7 Å². The van der Waals surface area contributed by atoms with Crippen LogP contribution in [-0.2, 0) is 31.4 Å². The Kier molecular flexibility index (Phi) is 12.4. The van der Waals surface area contributed by atoms with Gasteiger partial charge in [0, 0.05) is 23.1 Å². The highest BCUT2D eigenvalue weighted by Gasteiger charge is 2.25. The van der Waals surface area contributed by atoms with Gasteiger partial charge in [0.15, 0.2) is 5.78 Å². The van der Waals surface area contributed by atoms with Gasteiger partial charge in [-0.15, -0.1) is 11.8 Å². The number of hydrogen-bond acceptors (Lipinski definition) is 8. The summed E-state index contributed by atoms with van der Waals surface area (Å²) in [5.41, 5.74) is 2.22. The quantitative estimate of drug-likeness (QED) is 0.196. The molecule has 10 heteroatoms. The van der Waals surface area contributed by atoms with E-state index in [0.717, 1.165) is 5.56 Å². The molecule has 0 radical (unpaired) electrons. The molecule has 0 unspecified atom stereocenters. The molecule has 9 nitrogen and oxygen atoms in total. The van der Waals surface area contributed by atoms with Crippen LogP contribution in [0.15, 0.2) is 66.3 Å². The summed E-state index contributed by atoms with van der Waals surface area (Å²) in [4.78, 5) is 46.7. The van der Waals surface area contributed by atoms with Crippen molar-refractivity contribution in [3.63, 3.8) is 0 Å². The number of hydrogen-bond donors (Lipinski definition) is 3. The fraction of sp³-hybridized carbons (Fsp3) is 0.333. The van der Waals surface area contributed by atoms with E-state index in [0.29, 0.717) is 22.6 Å². The molecule has 0 aliphatic heterocycles. The highest BCUT2D eigenvalue weighted by Crippen LogP contribution is 2.21. The number of nitrogens with one attached hydrogen (secondary N) is 2. The van der Waals surface area contributed by atoms with Crippen LogP contribution in [0, 0.1) is 5.92 Å². The second-order valence-corrected chi connectivity index (χ2v) is 9.45. The Morgan fingerprint density at radius 1 is 1.16 bits per heavy atom. The summed E-state index contributed by atoms with van der Waals surface area (Å²) in [6.07, 6.45) is 1.23. The predicted octanol–water partition coefficient (Wildman–Crippen LogP) is 2.78. The summed E-state index contributed by atoms with van der Waals surface area (Å²) in [6, 6.07) is 14.1. The summed E-state index contributed by atoms with van der Waals surface area (Å²) in [7, 11) is 1.49. The number of carbonyl (C=O) groups is 3. The van der Waals surface area contributed by atoms with Crippen LogP contribution in [0.3, 0.4) is 0 Å². The third-order valence-electron chi connectivity index (χ3n) is 5.30. The molecule has 1 atom stereocenters. The van der Waals surface area contributed by atoms with E-state index in [1.165, 1.54) is 25.1 Å². The number of thioether (sulfide) groups is 1. The first-order valence-electron chi connectivity index (χ1n) is 11.7. The molecule has 0 bridgehead atoms. The summed E-state index contributed by atoms with van der Waals surface area (Å²) >= 11 is 1.49. The zero-order chi connectivity index (χ0) is 27.2. The highest BCUT2D eigenvalue weighted by atomic mass is 32.2. The number of nitrogens with zero attached hydrogens (tertiary/aromatic N) is 1. The minimum atomic E-state index is -0.809. The second-order valence-electron chi connectivity index (χ2n) is 8.46. The number of Topliss-reactive ketones (excluding diaryl/α,β-unsaturated/α-hetero) is 1. The first-order valence-corrected chi connectivity index (χ1v) is 12.9. The van der Waals surface area contributed by atoms with E-state index in [4.69, 9.17) is 15.5 Å². The average Bonchev–Trinajstić information content (AvgIpc) is 2.89. The molecule has 2 aromatic carbocycles. The Balaban J connectivity index is 1.95. The van der Waals surface area contributed by atoms with Crippen LogP contribution >= 0.6 is 11.8 Å². The third-order valence-corrected chi connectivity index (χ3v) is 6.36. The number of ether oxygens (including phenoxy) is 1. The fourth-order valence-electron chi connectivity index (χ4n) is 3.44. The molecule has 0 saturated carbocycles. The molecular formula is C27H34N4O5S. The molecule has 0 fully saturated rings. The predicted molar refractivity (Wildman–Crippen MR) is 146 cm³/mol. The lowest BCUT2D eigenvalue weighted by Crippen LogP contribution is -2.51.